The Bertz CT molecular complexity index is 1770. The van der Waals surface area contributed by atoms with E-state index in [1.165, 1.54) is 29.8 Å². The molecule has 1 aromatic heterocycles. The molecule has 6 rings (SSSR count). The maximum absolute atomic E-state index is 13.4. The Hall–Kier alpha value is -4.56. The molecule has 9 heteroatoms. The van der Waals surface area contributed by atoms with Crippen LogP contribution in [-0.4, -0.2) is 47.5 Å². The van der Waals surface area contributed by atoms with Crippen LogP contribution in [0.1, 0.15) is 47.4 Å². The van der Waals surface area contributed by atoms with Gasteiger partial charge >= 0.3 is 0 Å². The van der Waals surface area contributed by atoms with Gasteiger partial charge in [0.25, 0.3) is 5.91 Å². The van der Waals surface area contributed by atoms with Gasteiger partial charge in [-0.1, -0.05) is 53.6 Å². The van der Waals surface area contributed by atoms with E-state index in [1.54, 1.807) is 0 Å². The molecule has 4 aromatic rings. The lowest BCUT2D eigenvalue weighted by Gasteiger charge is -2.33. The Morgan fingerprint density at radius 3 is 2.50 bits per heavy atom. The summed E-state index contributed by atoms with van der Waals surface area (Å²) in [6.07, 6.45) is 5.85. The van der Waals surface area contributed by atoms with Crippen molar-refractivity contribution in [2.45, 2.75) is 44.7 Å². The smallest absolute Gasteiger partial charge is 0.287 e. The van der Waals surface area contributed by atoms with Crippen LogP contribution < -0.4 is 15.6 Å². The molecule has 2 fully saturated rings. The second-order valence-electron chi connectivity index (χ2n) is 11.4. The molecule has 2 aliphatic heterocycles. The van der Waals surface area contributed by atoms with Crippen LogP contribution >= 0.6 is 11.6 Å². The summed E-state index contributed by atoms with van der Waals surface area (Å²) in [5.74, 6) is -0.456. The van der Waals surface area contributed by atoms with E-state index in [2.05, 4.69) is 28.4 Å². The first-order chi connectivity index (χ1) is 21.3. The fourth-order valence-corrected chi connectivity index (χ4v) is 6.16. The molecule has 3 heterocycles. The molecule has 2 aliphatic rings. The lowest BCUT2D eigenvalue weighted by atomic mass is 9.97. The van der Waals surface area contributed by atoms with Gasteiger partial charge in [-0.05, 0) is 67.1 Å². The highest BCUT2D eigenvalue weighted by atomic mass is 35.5. The number of carbonyl (C=O) groups excluding carboxylic acids is 2. The van der Waals surface area contributed by atoms with E-state index >= 15 is 0 Å². The van der Waals surface area contributed by atoms with Crippen molar-refractivity contribution in [1.29, 1.82) is 0 Å². The molecule has 0 saturated carbocycles. The molecule has 0 spiro atoms. The molecule has 226 valence electrons. The van der Waals surface area contributed by atoms with E-state index in [1.807, 2.05) is 41.3 Å². The number of nitrogens with one attached hydrogen (secondary N) is 1. The number of amides is 2. The number of halogens is 1. The number of likely N-dealkylation sites (tertiary alicyclic amines) is 1. The summed E-state index contributed by atoms with van der Waals surface area (Å²) in [4.78, 5) is 42.6. The van der Waals surface area contributed by atoms with Crippen LogP contribution in [0.25, 0.3) is 11.0 Å². The van der Waals surface area contributed by atoms with Gasteiger partial charge in [0.2, 0.25) is 5.91 Å². The highest BCUT2D eigenvalue weighted by Gasteiger charge is 2.24. The molecule has 2 N–H and O–H groups in total. The summed E-state index contributed by atoms with van der Waals surface area (Å²) in [5, 5.41) is 13.8. The zero-order valence-electron chi connectivity index (χ0n) is 24.3. The Labute approximate surface area is 260 Å². The van der Waals surface area contributed by atoms with Gasteiger partial charge in [0, 0.05) is 55.4 Å². The first-order valence-electron chi connectivity index (χ1n) is 14.9. The van der Waals surface area contributed by atoms with Gasteiger partial charge in [-0.2, -0.15) is 0 Å². The van der Waals surface area contributed by atoms with Crippen LogP contribution in [0.15, 0.2) is 93.7 Å². The Morgan fingerprint density at radius 2 is 1.75 bits per heavy atom. The number of fused-ring (bicyclic) bond motifs is 1. The van der Waals surface area contributed by atoms with Crippen LogP contribution in [-0.2, 0) is 17.8 Å². The number of rotatable bonds is 8. The van der Waals surface area contributed by atoms with E-state index in [-0.39, 0.29) is 34.5 Å². The van der Waals surface area contributed by atoms with Crippen LogP contribution in [0.4, 0.5) is 5.69 Å². The number of anilines is 1. The van der Waals surface area contributed by atoms with Crippen molar-refractivity contribution in [2.24, 2.45) is 0 Å². The second kappa shape index (κ2) is 13.0. The van der Waals surface area contributed by atoms with Gasteiger partial charge in [-0.25, -0.2) is 0 Å². The van der Waals surface area contributed by atoms with Gasteiger partial charge < -0.3 is 24.6 Å². The standard InChI is InChI=1S/C35H34ClN3O5/c36-26-9-7-23(8-10-26)18-27(37-35(43)33-21-31(41)29-12-11-28(40)20-32(29)44-33)19-24-13-16-38(17-14-24)30-5-2-1-4-25(30)22-39-15-3-6-34(39)42/h1-2,4-5,7-12,19-21,27,40H,3,6,13-18,22H2,(H,37,43). The first kappa shape index (κ1) is 29.5. The zero-order valence-corrected chi connectivity index (χ0v) is 25.1. The first-order valence-corrected chi connectivity index (χ1v) is 15.3. The average Bonchev–Trinajstić information content (AvgIpc) is 3.42. The van der Waals surface area contributed by atoms with Crippen molar-refractivity contribution >= 4 is 40.1 Å². The second-order valence-corrected chi connectivity index (χ2v) is 11.9. The van der Waals surface area contributed by atoms with Gasteiger partial charge in [0.05, 0.1) is 11.4 Å². The quantitative estimate of drug-likeness (QED) is 0.243. The van der Waals surface area contributed by atoms with Crippen molar-refractivity contribution in [3.63, 3.8) is 0 Å². The van der Waals surface area contributed by atoms with Gasteiger partial charge in [-0.3, -0.25) is 14.4 Å². The molecule has 8 nitrogen and oxygen atoms in total. The van der Waals surface area contributed by atoms with E-state index in [9.17, 15) is 19.5 Å². The van der Waals surface area contributed by atoms with Crippen molar-refractivity contribution in [3.05, 3.63) is 117 Å². The average molecular weight is 612 g/mol. The third-order valence-electron chi connectivity index (χ3n) is 8.33. The number of benzene rings is 3. The number of nitrogens with zero attached hydrogens (tertiary/aromatic N) is 2. The number of carbonyl (C=O) groups is 2. The molecule has 2 saturated heterocycles. The minimum atomic E-state index is -0.508. The third-order valence-corrected chi connectivity index (χ3v) is 8.58. The number of piperidine rings is 1. The molecule has 2 amide bonds. The Morgan fingerprint density at radius 1 is 0.977 bits per heavy atom. The molecular formula is C35H34ClN3O5. The summed E-state index contributed by atoms with van der Waals surface area (Å²) >= 11 is 6.11. The highest BCUT2D eigenvalue weighted by Crippen LogP contribution is 2.29. The molecule has 0 radical (unpaired) electrons. The number of hydrogen-bond acceptors (Lipinski definition) is 6. The summed E-state index contributed by atoms with van der Waals surface area (Å²) in [6.45, 7) is 3.09. The van der Waals surface area contributed by atoms with E-state index in [0.29, 0.717) is 29.8 Å². The monoisotopic (exact) mass is 611 g/mol. The van der Waals surface area contributed by atoms with Crippen LogP contribution in [0, 0.1) is 0 Å². The van der Waals surface area contributed by atoms with Crippen LogP contribution in [0.3, 0.4) is 0 Å². The highest BCUT2D eigenvalue weighted by molar-refractivity contribution is 6.30. The minimum Gasteiger partial charge on any atom is -0.508 e. The normalized spacial score (nSPS) is 15.9. The van der Waals surface area contributed by atoms with Crippen LogP contribution in [0.2, 0.25) is 5.02 Å². The van der Waals surface area contributed by atoms with Gasteiger partial charge in [0.15, 0.2) is 11.2 Å². The lowest BCUT2D eigenvalue weighted by molar-refractivity contribution is -0.128. The minimum absolute atomic E-state index is 0.0537. The van der Waals surface area contributed by atoms with E-state index in [4.69, 9.17) is 16.0 Å². The summed E-state index contributed by atoms with van der Waals surface area (Å²) in [5.41, 5.74) is 4.35. The summed E-state index contributed by atoms with van der Waals surface area (Å²) in [6, 6.07) is 20.9. The summed E-state index contributed by atoms with van der Waals surface area (Å²) in [7, 11) is 0. The Balaban J connectivity index is 1.19. The molecule has 3 aromatic carbocycles. The number of aromatic hydroxyl groups is 1. The Kier molecular flexibility index (Phi) is 8.70. The summed E-state index contributed by atoms with van der Waals surface area (Å²) < 4.78 is 5.73. The van der Waals surface area contributed by atoms with E-state index < -0.39 is 5.91 Å². The fraction of sp³-hybridized carbons (Fsp3) is 0.286. The topological polar surface area (TPSA) is 103 Å². The lowest BCUT2D eigenvalue weighted by Crippen LogP contribution is -2.37. The molecule has 1 atom stereocenters. The van der Waals surface area contributed by atoms with Gasteiger partial charge in [0.1, 0.15) is 11.3 Å². The largest absolute Gasteiger partial charge is 0.508 e. The van der Waals surface area contributed by atoms with Crippen molar-refractivity contribution < 1.29 is 19.1 Å². The number of hydrogen-bond donors (Lipinski definition) is 2. The predicted molar refractivity (Wildman–Crippen MR) is 171 cm³/mol. The molecular weight excluding hydrogens is 578 g/mol. The zero-order chi connectivity index (χ0) is 30.6. The van der Waals surface area contributed by atoms with Crippen LogP contribution in [0.5, 0.6) is 5.75 Å². The molecule has 44 heavy (non-hydrogen) atoms. The van der Waals surface area contributed by atoms with E-state index in [0.717, 1.165) is 55.7 Å². The maximum atomic E-state index is 13.4. The van der Waals surface area contributed by atoms with Crippen molar-refractivity contribution in [3.8, 4) is 5.75 Å². The number of para-hydroxylation sites is 1. The van der Waals surface area contributed by atoms with Gasteiger partial charge in [-0.15, -0.1) is 0 Å². The number of phenolic OH excluding ortho intramolecular Hbond substituents is 1. The predicted octanol–water partition coefficient (Wildman–Crippen LogP) is 5.84. The van der Waals surface area contributed by atoms with Crippen molar-refractivity contribution in [1.82, 2.24) is 10.2 Å². The fourth-order valence-electron chi connectivity index (χ4n) is 6.04. The third kappa shape index (κ3) is 6.81. The maximum Gasteiger partial charge on any atom is 0.287 e. The van der Waals surface area contributed by atoms with Crippen molar-refractivity contribution in [2.75, 3.05) is 24.5 Å². The SMILES string of the molecule is O=C(NC(C=C1CCN(c2ccccc2CN2CCCC2=O)CC1)Cc1ccc(Cl)cc1)c1cc(=O)c2ccc(O)cc2o1. The molecule has 1 unspecified atom stereocenters. The number of phenols is 1. The molecule has 0 aliphatic carbocycles. The molecule has 0 bridgehead atoms.